The number of amides is 3. The zero-order valence-corrected chi connectivity index (χ0v) is 15.5. The summed E-state index contributed by atoms with van der Waals surface area (Å²) in [5.74, 6) is -1.21. The van der Waals surface area contributed by atoms with Crippen LogP contribution < -0.4 is 5.32 Å². The summed E-state index contributed by atoms with van der Waals surface area (Å²) in [6.45, 7) is 3.11. The van der Waals surface area contributed by atoms with Gasteiger partial charge in [0.15, 0.2) is 0 Å². The van der Waals surface area contributed by atoms with Crippen LogP contribution in [0.4, 0.5) is 9.59 Å². The Balaban J connectivity index is 2.13. The molecule has 1 saturated heterocycles. The number of nitrogens with zero attached hydrogens (tertiary/aromatic N) is 1. The fraction of sp³-hybridized carbons (Fsp3) is 0.471. The lowest BCUT2D eigenvalue weighted by atomic mass is 10.2. The molecule has 1 aliphatic rings. The highest BCUT2D eigenvalue weighted by Crippen LogP contribution is 2.28. The van der Waals surface area contributed by atoms with Crippen LogP contribution in [-0.2, 0) is 20.4 Å². The standard InChI is InChI=1S/C17H22N2O6S/c1-12-7-6-10-19(12,17(22)23)15(20)13(2)18-16(21)26(24,25)11-14-8-4-3-5-9-14/h3-5,8-9,12-13H,6-7,10-11H2,1-2H3,(H-,18,21,22,23)/p+1/t12-,13-,19?/m1/s1. The van der Waals surface area contributed by atoms with Crippen molar-refractivity contribution >= 4 is 27.1 Å². The molecular weight excluding hydrogens is 360 g/mol. The van der Waals surface area contributed by atoms with Crippen LogP contribution in [0.5, 0.6) is 0 Å². The molecule has 0 aromatic heterocycles. The number of likely N-dealkylation sites (tertiary alicyclic amines) is 1. The summed E-state index contributed by atoms with van der Waals surface area (Å²) in [5.41, 5.74) is 0.448. The van der Waals surface area contributed by atoms with Crippen LogP contribution in [0.2, 0.25) is 0 Å². The van der Waals surface area contributed by atoms with E-state index in [9.17, 15) is 27.9 Å². The van der Waals surface area contributed by atoms with Gasteiger partial charge < -0.3 is 10.4 Å². The van der Waals surface area contributed by atoms with Crippen molar-refractivity contribution in [2.75, 3.05) is 6.54 Å². The summed E-state index contributed by atoms with van der Waals surface area (Å²) in [5, 5.41) is 10.4. The molecule has 1 fully saturated rings. The van der Waals surface area contributed by atoms with Gasteiger partial charge in [-0.1, -0.05) is 30.3 Å². The molecule has 2 N–H and O–H groups in total. The Morgan fingerprint density at radius 2 is 1.88 bits per heavy atom. The average molecular weight is 383 g/mol. The van der Waals surface area contributed by atoms with Gasteiger partial charge in [0, 0.05) is 12.8 Å². The van der Waals surface area contributed by atoms with E-state index in [0.717, 1.165) is 0 Å². The van der Waals surface area contributed by atoms with Gasteiger partial charge in [0.25, 0.3) is 0 Å². The van der Waals surface area contributed by atoms with Gasteiger partial charge in [-0.05, 0) is 19.4 Å². The van der Waals surface area contributed by atoms with E-state index < -0.39 is 49.4 Å². The topological polar surface area (TPSA) is 118 Å². The molecule has 0 aliphatic carbocycles. The normalized spacial score (nSPS) is 24.0. The summed E-state index contributed by atoms with van der Waals surface area (Å²) < 4.78 is 23.6. The minimum absolute atomic E-state index is 0.131. The molecular formula is C17H23N2O6S+. The predicted molar refractivity (Wildman–Crippen MR) is 93.9 cm³/mol. The molecule has 0 radical (unpaired) electrons. The molecule has 1 unspecified atom stereocenters. The van der Waals surface area contributed by atoms with E-state index in [1.165, 1.54) is 6.92 Å². The molecule has 2 rings (SSSR count). The van der Waals surface area contributed by atoms with Gasteiger partial charge >= 0.3 is 17.2 Å². The Labute approximate surface area is 152 Å². The third-order valence-electron chi connectivity index (χ3n) is 4.81. The van der Waals surface area contributed by atoms with Gasteiger partial charge in [0.05, 0.1) is 12.3 Å². The van der Waals surface area contributed by atoms with E-state index in [0.29, 0.717) is 18.4 Å². The summed E-state index contributed by atoms with van der Waals surface area (Å²) in [6, 6.07) is 6.54. The maximum absolute atomic E-state index is 12.7. The van der Waals surface area contributed by atoms with Crippen LogP contribution in [0, 0.1) is 0 Å². The Morgan fingerprint density at radius 3 is 2.38 bits per heavy atom. The fourth-order valence-corrected chi connectivity index (χ4v) is 4.43. The SMILES string of the molecule is C[C@@H]1CCC[N+]1(C(=O)O)C(=O)[C@@H](C)NC(=O)S(=O)(=O)Cc1ccccc1. The Kier molecular flexibility index (Phi) is 5.82. The zero-order chi connectivity index (χ0) is 19.5. The van der Waals surface area contributed by atoms with Gasteiger partial charge in [-0.25, -0.2) is 13.2 Å². The number of hydrogen-bond acceptors (Lipinski definition) is 5. The number of carboxylic acid groups (broad SMARTS) is 1. The van der Waals surface area contributed by atoms with Crippen LogP contribution in [0.3, 0.4) is 0 Å². The van der Waals surface area contributed by atoms with Crippen molar-refractivity contribution in [3.63, 3.8) is 0 Å². The van der Waals surface area contributed by atoms with Gasteiger partial charge in [-0.2, -0.15) is 9.28 Å². The van der Waals surface area contributed by atoms with Crippen molar-refractivity contribution < 1.29 is 32.4 Å². The molecule has 1 aliphatic heterocycles. The van der Waals surface area contributed by atoms with E-state index in [4.69, 9.17) is 0 Å². The molecule has 3 amide bonds. The molecule has 1 aromatic rings. The monoisotopic (exact) mass is 383 g/mol. The van der Waals surface area contributed by atoms with Crippen molar-refractivity contribution in [1.82, 2.24) is 5.32 Å². The largest absolute Gasteiger partial charge is 0.521 e. The summed E-state index contributed by atoms with van der Waals surface area (Å²) in [6.07, 6.45) is -0.134. The van der Waals surface area contributed by atoms with Crippen molar-refractivity contribution in [3.05, 3.63) is 35.9 Å². The number of carbonyl (C=O) groups is 3. The van der Waals surface area contributed by atoms with Crippen LogP contribution in [-0.4, -0.2) is 53.9 Å². The molecule has 3 atom stereocenters. The second-order valence-electron chi connectivity index (χ2n) is 6.60. The number of hydrogen-bond donors (Lipinski definition) is 2. The van der Waals surface area contributed by atoms with Crippen molar-refractivity contribution in [2.24, 2.45) is 0 Å². The van der Waals surface area contributed by atoms with Gasteiger partial charge in [0.1, 0.15) is 12.1 Å². The summed E-state index contributed by atoms with van der Waals surface area (Å²) in [7, 11) is -4.18. The van der Waals surface area contributed by atoms with Crippen LogP contribution in [0.1, 0.15) is 32.3 Å². The van der Waals surface area contributed by atoms with Crippen molar-refractivity contribution in [3.8, 4) is 0 Å². The zero-order valence-electron chi connectivity index (χ0n) is 14.7. The molecule has 26 heavy (non-hydrogen) atoms. The van der Waals surface area contributed by atoms with Gasteiger partial charge in [-0.15, -0.1) is 0 Å². The first-order valence-electron chi connectivity index (χ1n) is 8.34. The smallest absolute Gasteiger partial charge is 0.435 e. The summed E-state index contributed by atoms with van der Waals surface area (Å²) >= 11 is 0. The van der Waals surface area contributed by atoms with Crippen LogP contribution >= 0.6 is 0 Å². The maximum Gasteiger partial charge on any atom is 0.521 e. The van der Waals surface area contributed by atoms with Gasteiger partial charge in [0.2, 0.25) is 9.84 Å². The number of benzene rings is 1. The molecule has 0 spiro atoms. The number of quaternary nitrogens is 1. The van der Waals surface area contributed by atoms with Crippen molar-refractivity contribution in [2.45, 2.75) is 44.5 Å². The lowest BCUT2D eigenvalue weighted by Crippen LogP contribution is -2.64. The molecule has 8 nitrogen and oxygen atoms in total. The number of imide groups is 1. The fourth-order valence-electron chi connectivity index (χ4n) is 3.32. The molecule has 9 heteroatoms. The minimum atomic E-state index is -4.18. The Hall–Kier alpha value is -2.26. The first-order valence-corrected chi connectivity index (χ1v) is 9.99. The highest BCUT2D eigenvalue weighted by molar-refractivity contribution is 8.05. The maximum atomic E-state index is 12.7. The third-order valence-corrected chi connectivity index (χ3v) is 6.20. The second kappa shape index (κ2) is 7.55. The Bertz CT molecular complexity index is 808. The van der Waals surface area contributed by atoms with Crippen molar-refractivity contribution in [1.29, 1.82) is 0 Å². The van der Waals surface area contributed by atoms with E-state index in [2.05, 4.69) is 5.32 Å². The van der Waals surface area contributed by atoms with E-state index in [-0.39, 0.29) is 6.54 Å². The molecule has 1 aromatic carbocycles. The number of carbonyl (C=O) groups excluding carboxylic acids is 2. The second-order valence-corrected chi connectivity index (χ2v) is 8.49. The lowest BCUT2D eigenvalue weighted by Gasteiger charge is -2.31. The lowest BCUT2D eigenvalue weighted by molar-refractivity contribution is -0.793. The molecule has 0 saturated carbocycles. The average Bonchev–Trinajstić information content (AvgIpc) is 2.97. The third kappa shape index (κ3) is 3.78. The number of sulfone groups is 1. The first-order chi connectivity index (χ1) is 12.1. The van der Waals surface area contributed by atoms with E-state index in [1.54, 1.807) is 37.3 Å². The number of nitrogens with one attached hydrogen (secondary N) is 1. The first kappa shape index (κ1) is 20.1. The molecule has 0 bridgehead atoms. The highest BCUT2D eigenvalue weighted by Gasteiger charge is 2.54. The predicted octanol–water partition coefficient (Wildman–Crippen LogP) is 1.90. The van der Waals surface area contributed by atoms with E-state index >= 15 is 0 Å². The van der Waals surface area contributed by atoms with Gasteiger partial charge in [-0.3, -0.25) is 4.79 Å². The van der Waals surface area contributed by atoms with Crippen LogP contribution in [0.15, 0.2) is 30.3 Å². The van der Waals surface area contributed by atoms with Crippen LogP contribution in [0.25, 0.3) is 0 Å². The van der Waals surface area contributed by atoms with E-state index in [1.807, 2.05) is 0 Å². The quantitative estimate of drug-likeness (QED) is 0.767. The number of rotatable bonds is 4. The summed E-state index contributed by atoms with van der Waals surface area (Å²) in [4.78, 5) is 36.6. The Morgan fingerprint density at radius 1 is 1.27 bits per heavy atom. The highest BCUT2D eigenvalue weighted by atomic mass is 32.2. The molecule has 142 valence electrons. The minimum Gasteiger partial charge on any atom is -0.435 e. The molecule has 1 heterocycles.